The first-order valence-corrected chi connectivity index (χ1v) is 11.0. The topological polar surface area (TPSA) is 95.7 Å². The van der Waals surface area contributed by atoms with E-state index in [0.29, 0.717) is 33.8 Å². The SMILES string of the molecule is FC(F)(F)c1cccc(-c2ccc(-n3nc(-c4nnco4)c(-c4nnco4)c3-c3ccccc3)cc2)c1. The Morgan fingerprint density at radius 1 is 0.676 bits per heavy atom. The Balaban J connectivity index is 1.52. The van der Waals surface area contributed by atoms with E-state index in [1.807, 2.05) is 30.3 Å². The quantitative estimate of drug-likeness (QED) is 0.273. The minimum absolute atomic E-state index is 0.157. The summed E-state index contributed by atoms with van der Waals surface area (Å²) in [5.74, 6) is 0.364. The summed E-state index contributed by atoms with van der Waals surface area (Å²) in [5.41, 5.74) is 3.26. The average molecular weight is 500 g/mol. The number of nitrogens with zero attached hydrogens (tertiary/aromatic N) is 6. The Bertz CT molecular complexity index is 1640. The number of alkyl halides is 3. The molecule has 11 heteroatoms. The molecule has 0 aliphatic rings. The van der Waals surface area contributed by atoms with Gasteiger partial charge in [-0.05, 0) is 35.4 Å². The highest BCUT2D eigenvalue weighted by Crippen LogP contribution is 2.40. The first kappa shape index (κ1) is 22.4. The van der Waals surface area contributed by atoms with Gasteiger partial charge in [0.25, 0.3) is 11.8 Å². The Hall–Kier alpha value is -5.06. The van der Waals surface area contributed by atoms with Gasteiger partial charge in [0.15, 0.2) is 5.69 Å². The van der Waals surface area contributed by atoms with Gasteiger partial charge in [0.2, 0.25) is 12.8 Å². The zero-order valence-corrected chi connectivity index (χ0v) is 18.8. The van der Waals surface area contributed by atoms with Gasteiger partial charge in [0.1, 0.15) is 0 Å². The van der Waals surface area contributed by atoms with Gasteiger partial charge in [-0.2, -0.15) is 18.3 Å². The van der Waals surface area contributed by atoms with Crippen LogP contribution in [0.2, 0.25) is 0 Å². The van der Waals surface area contributed by atoms with E-state index < -0.39 is 11.7 Å². The molecule has 0 aliphatic carbocycles. The second-order valence-electron chi connectivity index (χ2n) is 7.96. The second kappa shape index (κ2) is 8.86. The van der Waals surface area contributed by atoms with Crippen molar-refractivity contribution in [2.75, 3.05) is 0 Å². The van der Waals surface area contributed by atoms with Crippen molar-refractivity contribution in [2.24, 2.45) is 0 Å². The molecule has 0 unspecified atom stereocenters. The van der Waals surface area contributed by atoms with Crippen LogP contribution in [-0.2, 0) is 6.18 Å². The van der Waals surface area contributed by atoms with Crippen molar-refractivity contribution >= 4 is 0 Å². The highest BCUT2D eigenvalue weighted by atomic mass is 19.4. The normalized spacial score (nSPS) is 11.6. The molecular formula is C26H15F3N6O2. The summed E-state index contributed by atoms with van der Waals surface area (Å²) in [6.45, 7) is 0. The molecule has 37 heavy (non-hydrogen) atoms. The van der Waals surface area contributed by atoms with E-state index in [1.165, 1.54) is 18.9 Å². The molecule has 6 rings (SSSR count). The van der Waals surface area contributed by atoms with Crippen LogP contribution in [0.15, 0.2) is 100 Å². The molecule has 3 heterocycles. The molecule has 0 aliphatic heterocycles. The predicted octanol–water partition coefficient (Wildman–Crippen LogP) is 6.33. The maximum absolute atomic E-state index is 13.2. The Morgan fingerprint density at radius 2 is 1.35 bits per heavy atom. The summed E-state index contributed by atoms with van der Waals surface area (Å²) in [7, 11) is 0. The molecule has 0 saturated heterocycles. The summed E-state index contributed by atoms with van der Waals surface area (Å²) in [6, 6.07) is 21.7. The molecule has 0 N–H and O–H groups in total. The van der Waals surface area contributed by atoms with E-state index >= 15 is 0 Å². The monoisotopic (exact) mass is 500 g/mol. The molecule has 0 atom stereocenters. The van der Waals surface area contributed by atoms with Crippen LogP contribution in [-0.4, -0.2) is 30.2 Å². The van der Waals surface area contributed by atoms with E-state index in [2.05, 4.69) is 20.4 Å². The van der Waals surface area contributed by atoms with Gasteiger partial charge < -0.3 is 8.83 Å². The molecule has 0 radical (unpaired) electrons. The lowest BCUT2D eigenvalue weighted by Crippen LogP contribution is -2.04. The molecule has 3 aromatic heterocycles. The van der Waals surface area contributed by atoms with Crippen LogP contribution in [0, 0.1) is 0 Å². The van der Waals surface area contributed by atoms with Crippen molar-refractivity contribution in [2.45, 2.75) is 6.18 Å². The van der Waals surface area contributed by atoms with E-state index in [1.54, 1.807) is 35.0 Å². The van der Waals surface area contributed by atoms with Crippen LogP contribution in [0.3, 0.4) is 0 Å². The summed E-state index contributed by atoms with van der Waals surface area (Å²) in [5, 5.41) is 20.4. The van der Waals surface area contributed by atoms with Gasteiger partial charge in [-0.15, -0.1) is 20.4 Å². The van der Waals surface area contributed by atoms with E-state index in [9.17, 15) is 13.2 Å². The minimum atomic E-state index is -4.42. The number of halogens is 3. The Labute approximate surface area is 207 Å². The lowest BCUT2D eigenvalue weighted by molar-refractivity contribution is -0.137. The van der Waals surface area contributed by atoms with Crippen molar-refractivity contribution in [1.29, 1.82) is 0 Å². The molecule has 182 valence electrons. The lowest BCUT2D eigenvalue weighted by atomic mass is 10.0. The van der Waals surface area contributed by atoms with Gasteiger partial charge in [0.05, 0.1) is 22.5 Å². The van der Waals surface area contributed by atoms with Crippen molar-refractivity contribution < 1.29 is 22.0 Å². The van der Waals surface area contributed by atoms with E-state index in [0.717, 1.165) is 17.7 Å². The fourth-order valence-corrected chi connectivity index (χ4v) is 4.05. The molecule has 0 amide bonds. The van der Waals surface area contributed by atoms with Gasteiger partial charge in [-0.3, -0.25) is 0 Å². The van der Waals surface area contributed by atoms with Gasteiger partial charge in [0, 0.05) is 5.56 Å². The average Bonchev–Trinajstić information content (AvgIpc) is 3.69. The summed E-state index contributed by atoms with van der Waals surface area (Å²) in [4.78, 5) is 0. The van der Waals surface area contributed by atoms with Crippen LogP contribution in [0.25, 0.3) is 51.1 Å². The van der Waals surface area contributed by atoms with E-state index in [4.69, 9.17) is 13.9 Å². The van der Waals surface area contributed by atoms with Crippen LogP contribution in [0.1, 0.15) is 5.56 Å². The molecule has 0 fully saturated rings. The molecule has 0 bridgehead atoms. The lowest BCUT2D eigenvalue weighted by Gasteiger charge is -2.11. The minimum Gasteiger partial charge on any atom is -0.423 e. The summed E-state index contributed by atoms with van der Waals surface area (Å²) < 4.78 is 52.2. The van der Waals surface area contributed by atoms with Crippen LogP contribution in [0.4, 0.5) is 13.2 Å². The molecule has 6 aromatic rings. The fraction of sp³-hybridized carbons (Fsp3) is 0.0385. The number of benzene rings is 3. The van der Waals surface area contributed by atoms with Crippen LogP contribution < -0.4 is 0 Å². The molecule has 3 aromatic carbocycles. The number of hydrogen-bond donors (Lipinski definition) is 0. The third-order valence-corrected chi connectivity index (χ3v) is 5.70. The third-order valence-electron chi connectivity index (χ3n) is 5.70. The van der Waals surface area contributed by atoms with Crippen molar-refractivity contribution in [3.63, 3.8) is 0 Å². The zero-order chi connectivity index (χ0) is 25.4. The van der Waals surface area contributed by atoms with E-state index in [-0.39, 0.29) is 11.8 Å². The number of aromatic nitrogens is 6. The van der Waals surface area contributed by atoms with Crippen molar-refractivity contribution in [3.8, 4) is 51.1 Å². The smallest absolute Gasteiger partial charge is 0.416 e. The van der Waals surface area contributed by atoms with Crippen LogP contribution in [0.5, 0.6) is 0 Å². The summed E-state index contributed by atoms with van der Waals surface area (Å²) in [6.07, 6.45) is -2.02. The third kappa shape index (κ3) is 4.16. The first-order chi connectivity index (χ1) is 18.0. The highest BCUT2D eigenvalue weighted by Gasteiger charge is 2.31. The van der Waals surface area contributed by atoms with Gasteiger partial charge in [-0.25, -0.2) is 4.68 Å². The van der Waals surface area contributed by atoms with Gasteiger partial charge in [-0.1, -0.05) is 54.6 Å². The highest BCUT2D eigenvalue weighted by molar-refractivity contribution is 5.87. The summed E-state index contributed by atoms with van der Waals surface area (Å²) >= 11 is 0. The molecule has 8 nitrogen and oxygen atoms in total. The standard InChI is InChI=1S/C26H15F3N6O2/c27-26(28,29)19-8-4-7-18(13-19)16-9-11-20(12-10-16)35-23(17-5-2-1-3-6-17)21(24-32-30-14-36-24)22(34-35)25-33-31-15-37-25/h1-15H. The molecule has 0 saturated carbocycles. The Kier molecular flexibility index (Phi) is 5.37. The van der Waals surface area contributed by atoms with Crippen molar-refractivity contribution in [3.05, 3.63) is 97.2 Å². The fourth-order valence-electron chi connectivity index (χ4n) is 4.05. The van der Waals surface area contributed by atoms with Crippen molar-refractivity contribution in [1.82, 2.24) is 30.2 Å². The van der Waals surface area contributed by atoms with Crippen LogP contribution >= 0.6 is 0 Å². The molecular weight excluding hydrogens is 485 g/mol. The predicted molar refractivity (Wildman–Crippen MR) is 126 cm³/mol. The largest absolute Gasteiger partial charge is 0.423 e. The second-order valence-corrected chi connectivity index (χ2v) is 7.96. The maximum atomic E-state index is 13.2. The zero-order valence-electron chi connectivity index (χ0n) is 18.8. The first-order valence-electron chi connectivity index (χ1n) is 11.0. The van der Waals surface area contributed by atoms with Gasteiger partial charge >= 0.3 is 6.18 Å². The maximum Gasteiger partial charge on any atom is 0.416 e. The molecule has 0 spiro atoms. The number of rotatable bonds is 5. The Morgan fingerprint density at radius 3 is 2.00 bits per heavy atom. The number of hydrogen-bond acceptors (Lipinski definition) is 7.